The molecule has 0 aromatic carbocycles. The van der Waals surface area contributed by atoms with Crippen molar-refractivity contribution in [3.8, 4) is 5.88 Å². The zero-order chi connectivity index (χ0) is 20.0. The molecule has 3 aliphatic carbocycles. The lowest BCUT2D eigenvalue weighted by Gasteiger charge is -2.13. The summed E-state index contributed by atoms with van der Waals surface area (Å²) in [6.45, 7) is 0. The highest BCUT2D eigenvalue weighted by Gasteiger charge is 2.32. The van der Waals surface area contributed by atoms with Gasteiger partial charge in [0.1, 0.15) is 11.9 Å². The van der Waals surface area contributed by atoms with Gasteiger partial charge in [-0.15, -0.1) is 0 Å². The van der Waals surface area contributed by atoms with Crippen molar-refractivity contribution in [2.45, 2.75) is 38.2 Å². The number of nitrogens with one attached hydrogen (secondary N) is 2. The number of aromatic nitrogens is 2. The molecule has 0 bridgehead atoms. The van der Waals surface area contributed by atoms with Gasteiger partial charge in [-0.3, -0.25) is 9.59 Å². The Morgan fingerprint density at radius 1 is 1.17 bits per heavy atom. The van der Waals surface area contributed by atoms with Gasteiger partial charge in [0.05, 0.1) is 5.56 Å². The molecular formula is C22H22N4O3. The van der Waals surface area contributed by atoms with E-state index in [1.165, 1.54) is 6.20 Å². The maximum atomic E-state index is 12.4. The predicted molar refractivity (Wildman–Crippen MR) is 108 cm³/mol. The zero-order valence-electron chi connectivity index (χ0n) is 16.2. The van der Waals surface area contributed by atoms with Crippen molar-refractivity contribution in [1.82, 2.24) is 15.3 Å². The number of rotatable bonds is 6. The summed E-state index contributed by atoms with van der Waals surface area (Å²) in [6, 6.07) is 3.87. The van der Waals surface area contributed by atoms with Crippen LogP contribution < -0.4 is 15.4 Å². The predicted octanol–water partition coefficient (Wildman–Crippen LogP) is 2.82. The minimum absolute atomic E-state index is 0.0000217. The van der Waals surface area contributed by atoms with Crippen LogP contribution in [0.2, 0.25) is 0 Å². The fraction of sp³-hybridized carbons (Fsp3) is 0.364. The lowest BCUT2D eigenvalue weighted by molar-refractivity contribution is -0.117. The maximum absolute atomic E-state index is 12.4. The highest BCUT2D eigenvalue weighted by atomic mass is 16.5. The minimum atomic E-state index is -0.202. The minimum Gasteiger partial charge on any atom is -0.474 e. The fourth-order valence-corrected chi connectivity index (χ4v) is 3.56. The van der Waals surface area contributed by atoms with Crippen LogP contribution in [-0.2, 0) is 11.2 Å². The van der Waals surface area contributed by atoms with Crippen LogP contribution in [0.5, 0.6) is 5.88 Å². The molecule has 0 atom stereocenters. The van der Waals surface area contributed by atoms with E-state index in [0.717, 1.165) is 47.9 Å². The summed E-state index contributed by atoms with van der Waals surface area (Å²) >= 11 is 0. The van der Waals surface area contributed by atoms with Gasteiger partial charge in [-0.2, -0.15) is 0 Å². The molecule has 7 nitrogen and oxygen atoms in total. The van der Waals surface area contributed by atoms with Crippen molar-refractivity contribution < 1.29 is 14.3 Å². The van der Waals surface area contributed by atoms with Crippen molar-refractivity contribution in [3.63, 3.8) is 0 Å². The number of anilines is 1. The Morgan fingerprint density at radius 2 is 2.00 bits per heavy atom. The van der Waals surface area contributed by atoms with Crippen LogP contribution in [0.25, 0.3) is 11.6 Å². The van der Waals surface area contributed by atoms with Crippen molar-refractivity contribution in [3.05, 3.63) is 46.8 Å². The second-order valence-electron chi connectivity index (χ2n) is 7.78. The fourth-order valence-electron chi connectivity index (χ4n) is 3.56. The molecule has 2 fully saturated rings. The van der Waals surface area contributed by atoms with Crippen molar-refractivity contribution >= 4 is 29.3 Å². The van der Waals surface area contributed by atoms with Crippen LogP contribution in [0.15, 0.2) is 24.5 Å². The molecule has 2 saturated carbocycles. The largest absolute Gasteiger partial charge is 0.474 e. The van der Waals surface area contributed by atoms with E-state index in [1.807, 2.05) is 18.2 Å². The molecule has 2 aromatic heterocycles. The third-order valence-electron chi connectivity index (χ3n) is 5.49. The smallest absolute Gasteiger partial charge is 0.253 e. The average molecular weight is 390 g/mol. The summed E-state index contributed by atoms with van der Waals surface area (Å²) in [6.07, 6.45) is 9.99. The molecule has 0 spiro atoms. The van der Waals surface area contributed by atoms with Gasteiger partial charge in [0.25, 0.3) is 5.91 Å². The third-order valence-corrected chi connectivity index (χ3v) is 5.49. The van der Waals surface area contributed by atoms with Gasteiger partial charge in [0.15, 0.2) is 0 Å². The highest BCUT2D eigenvalue weighted by Crippen LogP contribution is 2.40. The number of pyridine rings is 2. The number of ether oxygens (including phenoxy) is 1. The quantitative estimate of drug-likeness (QED) is 0.791. The number of hydrogen-bond donors (Lipinski definition) is 2. The SMILES string of the molecule is CNC(=O)c1cnc(NC(=O)C2CC2)c2c1C=C(c1cccnc1OC1CC1)C2. The van der Waals surface area contributed by atoms with Gasteiger partial charge in [-0.05, 0) is 55.0 Å². The topological polar surface area (TPSA) is 93.2 Å². The average Bonchev–Trinajstić information content (AvgIpc) is 3.66. The molecule has 2 aromatic rings. The van der Waals surface area contributed by atoms with Gasteiger partial charge in [-0.25, -0.2) is 9.97 Å². The number of carbonyl (C=O) groups excluding carboxylic acids is 2. The van der Waals surface area contributed by atoms with Gasteiger partial charge in [-0.1, -0.05) is 0 Å². The molecule has 2 heterocycles. The van der Waals surface area contributed by atoms with Crippen molar-refractivity contribution in [1.29, 1.82) is 0 Å². The van der Waals surface area contributed by atoms with E-state index in [0.29, 0.717) is 23.7 Å². The molecule has 5 rings (SSSR count). The number of carbonyl (C=O) groups is 2. The van der Waals surface area contributed by atoms with Crippen LogP contribution in [0.4, 0.5) is 5.82 Å². The second kappa shape index (κ2) is 6.99. The third kappa shape index (κ3) is 3.48. The molecule has 7 heteroatoms. The normalized spacial score (nSPS) is 17.3. The van der Waals surface area contributed by atoms with Gasteiger partial charge in [0.2, 0.25) is 11.8 Å². The Kier molecular flexibility index (Phi) is 4.30. The molecule has 148 valence electrons. The number of fused-ring (bicyclic) bond motifs is 1. The molecule has 0 unspecified atom stereocenters. The van der Waals surface area contributed by atoms with Gasteiger partial charge < -0.3 is 15.4 Å². The van der Waals surface area contributed by atoms with E-state index in [-0.39, 0.29) is 23.8 Å². The van der Waals surface area contributed by atoms with Crippen LogP contribution >= 0.6 is 0 Å². The standard InChI is InChI=1S/C22H22N4O3/c1-23-21(28)18-11-25-19(26-20(27)12-4-5-12)17-10-13(9-16(17)18)15-3-2-8-24-22(15)29-14-6-7-14/h2-3,8-9,11-12,14H,4-7,10H2,1H3,(H,23,28)(H,25,26,27). The molecule has 0 saturated heterocycles. The Hall–Kier alpha value is -3.22. The molecule has 2 amide bonds. The molecule has 2 N–H and O–H groups in total. The summed E-state index contributed by atoms with van der Waals surface area (Å²) < 4.78 is 5.98. The Labute approximate surface area is 168 Å². The summed E-state index contributed by atoms with van der Waals surface area (Å²) in [5, 5.41) is 5.62. The summed E-state index contributed by atoms with van der Waals surface area (Å²) in [5.41, 5.74) is 4.07. The first-order valence-electron chi connectivity index (χ1n) is 10.0. The lowest BCUT2D eigenvalue weighted by atomic mass is 10.0. The summed E-state index contributed by atoms with van der Waals surface area (Å²) in [7, 11) is 1.60. The van der Waals surface area contributed by atoms with E-state index >= 15 is 0 Å². The van der Waals surface area contributed by atoms with E-state index in [9.17, 15) is 9.59 Å². The van der Waals surface area contributed by atoms with E-state index in [2.05, 4.69) is 20.6 Å². The number of hydrogen-bond acceptors (Lipinski definition) is 5. The number of amides is 2. The molecule has 3 aliphatic rings. The van der Waals surface area contributed by atoms with Crippen LogP contribution in [0.3, 0.4) is 0 Å². The van der Waals surface area contributed by atoms with Gasteiger partial charge >= 0.3 is 0 Å². The van der Waals surface area contributed by atoms with Crippen molar-refractivity contribution in [2.24, 2.45) is 5.92 Å². The summed E-state index contributed by atoms with van der Waals surface area (Å²) in [4.78, 5) is 33.5. The second-order valence-corrected chi connectivity index (χ2v) is 7.78. The maximum Gasteiger partial charge on any atom is 0.253 e. The Morgan fingerprint density at radius 3 is 2.72 bits per heavy atom. The van der Waals surface area contributed by atoms with Gasteiger partial charge in [0, 0.05) is 42.9 Å². The first kappa shape index (κ1) is 17.8. The molecular weight excluding hydrogens is 368 g/mol. The number of nitrogens with zero attached hydrogens (tertiary/aromatic N) is 2. The number of allylic oxidation sites excluding steroid dienone is 1. The summed E-state index contributed by atoms with van der Waals surface area (Å²) in [5.74, 6) is 1.03. The molecule has 0 radical (unpaired) electrons. The van der Waals surface area contributed by atoms with Crippen molar-refractivity contribution in [2.75, 3.05) is 12.4 Å². The first-order chi connectivity index (χ1) is 14.1. The lowest BCUT2D eigenvalue weighted by Crippen LogP contribution is -2.21. The van der Waals surface area contributed by atoms with Crippen LogP contribution in [0.1, 0.15) is 52.7 Å². The zero-order valence-corrected chi connectivity index (χ0v) is 16.2. The molecule has 0 aliphatic heterocycles. The highest BCUT2D eigenvalue weighted by molar-refractivity contribution is 6.04. The monoisotopic (exact) mass is 390 g/mol. The van der Waals surface area contributed by atoms with E-state index in [4.69, 9.17) is 4.74 Å². The first-order valence-corrected chi connectivity index (χ1v) is 10.0. The van der Waals surface area contributed by atoms with E-state index in [1.54, 1.807) is 13.2 Å². The van der Waals surface area contributed by atoms with E-state index < -0.39 is 0 Å². The molecule has 29 heavy (non-hydrogen) atoms. The Bertz CT molecular complexity index is 1040. The van der Waals surface area contributed by atoms with Crippen LogP contribution in [-0.4, -0.2) is 34.9 Å². The van der Waals surface area contributed by atoms with Crippen LogP contribution in [0, 0.1) is 5.92 Å². The Balaban J connectivity index is 1.53.